The third kappa shape index (κ3) is 2.75. The summed E-state index contributed by atoms with van der Waals surface area (Å²) in [7, 11) is 0. The lowest BCUT2D eigenvalue weighted by atomic mass is 10.2. The van der Waals surface area contributed by atoms with Crippen molar-refractivity contribution in [3.05, 3.63) is 0 Å². The van der Waals surface area contributed by atoms with Gasteiger partial charge in [-0.1, -0.05) is 0 Å². The van der Waals surface area contributed by atoms with Gasteiger partial charge in [-0.15, -0.1) is 0 Å². The van der Waals surface area contributed by atoms with Crippen LogP contribution in [0.5, 0.6) is 0 Å². The molecule has 0 amide bonds. The summed E-state index contributed by atoms with van der Waals surface area (Å²) in [5.74, 6) is 0. The highest BCUT2D eigenvalue weighted by atomic mass is 16.5. The predicted octanol–water partition coefficient (Wildman–Crippen LogP) is 0.911. The first kappa shape index (κ1) is 7.63. The van der Waals surface area contributed by atoms with Gasteiger partial charge in [0, 0.05) is 6.61 Å². The molecule has 0 unspecified atom stereocenters. The second-order valence-electron chi connectivity index (χ2n) is 2.05. The van der Waals surface area contributed by atoms with Gasteiger partial charge in [0.2, 0.25) is 6.29 Å². The zero-order chi connectivity index (χ0) is 6.62. The Labute approximate surface area is 49.8 Å². The van der Waals surface area contributed by atoms with Gasteiger partial charge in [0.1, 0.15) is 5.60 Å². The smallest absolute Gasteiger partial charge is 0.232 e. The fraction of sp³-hybridized carbons (Fsp3) is 0.833. The van der Waals surface area contributed by atoms with E-state index in [0.29, 0.717) is 6.61 Å². The van der Waals surface area contributed by atoms with Gasteiger partial charge in [-0.2, -0.15) is 0 Å². The molecule has 0 aliphatic rings. The molecule has 0 aliphatic carbocycles. The quantitative estimate of drug-likeness (QED) is 0.546. The molecule has 0 heterocycles. The van der Waals surface area contributed by atoms with E-state index in [1.807, 2.05) is 6.92 Å². The summed E-state index contributed by atoms with van der Waals surface area (Å²) in [4.78, 5) is 9.97. The topological polar surface area (TPSA) is 26.3 Å². The first-order valence-electron chi connectivity index (χ1n) is 2.65. The molecule has 0 N–H and O–H groups in total. The van der Waals surface area contributed by atoms with Gasteiger partial charge < -0.3 is 4.74 Å². The van der Waals surface area contributed by atoms with Crippen LogP contribution in [0.15, 0.2) is 0 Å². The van der Waals surface area contributed by atoms with Crippen molar-refractivity contribution >= 4 is 6.29 Å². The largest absolute Gasteiger partial charge is 0.368 e. The molecule has 0 aromatic heterocycles. The van der Waals surface area contributed by atoms with Crippen molar-refractivity contribution in [2.24, 2.45) is 0 Å². The highest BCUT2D eigenvalue weighted by Crippen LogP contribution is 2.02. The summed E-state index contributed by atoms with van der Waals surface area (Å²) < 4.78 is 4.95. The van der Waals surface area contributed by atoms with Crippen molar-refractivity contribution in [3.63, 3.8) is 0 Å². The zero-order valence-electron chi connectivity index (χ0n) is 5.52. The molecule has 1 radical (unpaired) electrons. The number of ether oxygens (including phenoxy) is 1. The second-order valence-corrected chi connectivity index (χ2v) is 2.05. The summed E-state index contributed by atoms with van der Waals surface area (Å²) in [6.45, 7) is 5.77. The average Bonchev–Trinajstić information content (AvgIpc) is 1.67. The molecule has 8 heavy (non-hydrogen) atoms. The molecule has 0 aromatic rings. The summed E-state index contributed by atoms with van der Waals surface area (Å²) in [6.07, 6.45) is 1.77. The predicted molar refractivity (Wildman–Crippen MR) is 31.4 cm³/mol. The van der Waals surface area contributed by atoms with E-state index in [1.54, 1.807) is 20.1 Å². The minimum absolute atomic E-state index is 0.558. The van der Waals surface area contributed by atoms with Crippen LogP contribution in [0, 0.1) is 0 Å². The van der Waals surface area contributed by atoms with Crippen molar-refractivity contribution in [3.8, 4) is 0 Å². The Balaban J connectivity index is 3.53. The fourth-order valence-corrected chi connectivity index (χ4v) is 0.390. The third-order valence-electron chi connectivity index (χ3n) is 0.751. The molecule has 0 saturated carbocycles. The van der Waals surface area contributed by atoms with Crippen molar-refractivity contribution < 1.29 is 9.53 Å². The van der Waals surface area contributed by atoms with Crippen LogP contribution in [-0.4, -0.2) is 18.5 Å². The lowest BCUT2D eigenvalue weighted by Crippen LogP contribution is -2.25. The minimum Gasteiger partial charge on any atom is -0.368 e. The van der Waals surface area contributed by atoms with E-state index in [9.17, 15) is 4.79 Å². The van der Waals surface area contributed by atoms with Gasteiger partial charge in [0.25, 0.3) is 0 Å². The van der Waals surface area contributed by atoms with E-state index in [0.717, 1.165) is 0 Å². The van der Waals surface area contributed by atoms with Crippen molar-refractivity contribution in [1.82, 2.24) is 0 Å². The molecular formula is C6H11O2. The Morgan fingerprint density at radius 3 is 2.25 bits per heavy atom. The second kappa shape index (κ2) is 2.82. The molecule has 0 saturated heterocycles. The molecular weight excluding hydrogens is 104 g/mol. The first-order valence-corrected chi connectivity index (χ1v) is 2.65. The average molecular weight is 115 g/mol. The van der Waals surface area contributed by atoms with Crippen LogP contribution in [0.25, 0.3) is 0 Å². The van der Waals surface area contributed by atoms with Crippen LogP contribution in [-0.2, 0) is 9.53 Å². The third-order valence-corrected chi connectivity index (χ3v) is 0.751. The zero-order valence-corrected chi connectivity index (χ0v) is 5.52. The lowest BCUT2D eigenvalue weighted by Gasteiger charge is -2.14. The number of hydrogen-bond acceptors (Lipinski definition) is 2. The first-order chi connectivity index (χ1) is 3.62. The van der Waals surface area contributed by atoms with E-state index in [4.69, 9.17) is 4.74 Å². The molecule has 2 nitrogen and oxygen atoms in total. The van der Waals surface area contributed by atoms with Gasteiger partial charge >= 0.3 is 0 Å². The lowest BCUT2D eigenvalue weighted by molar-refractivity contribution is 0.0421. The summed E-state index contributed by atoms with van der Waals surface area (Å²) in [5.41, 5.74) is -0.714. The van der Waals surface area contributed by atoms with E-state index in [1.165, 1.54) is 0 Å². The molecule has 0 aliphatic heterocycles. The number of rotatable bonds is 3. The monoisotopic (exact) mass is 115 g/mol. The Kier molecular flexibility index (Phi) is 2.69. The Morgan fingerprint density at radius 2 is 2.12 bits per heavy atom. The molecule has 0 atom stereocenters. The maximum atomic E-state index is 9.97. The summed E-state index contributed by atoms with van der Waals surface area (Å²) in [5, 5.41) is 0. The van der Waals surface area contributed by atoms with E-state index < -0.39 is 5.60 Å². The molecule has 0 spiro atoms. The Morgan fingerprint density at radius 1 is 1.62 bits per heavy atom. The number of hydrogen-bond donors (Lipinski definition) is 0. The maximum absolute atomic E-state index is 9.97. The van der Waals surface area contributed by atoms with E-state index in [2.05, 4.69) is 0 Å². The summed E-state index contributed by atoms with van der Waals surface area (Å²) in [6, 6.07) is 0. The van der Waals surface area contributed by atoms with E-state index in [-0.39, 0.29) is 0 Å². The maximum Gasteiger partial charge on any atom is 0.232 e. The minimum atomic E-state index is -0.714. The van der Waals surface area contributed by atoms with Crippen molar-refractivity contribution in [2.75, 3.05) is 6.61 Å². The van der Waals surface area contributed by atoms with Crippen LogP contribution >= 0.6 is 0 Å². The standard InChI is InChI=1S/C6H11O2/c1-4-8-6(2,3)5-7/h4H2,1-3H3. The molecule has 0 rings (SSSR count). The van der Waals surface area contributed by atoms with Crippen LogP contribution in [0.4, 0.5) is 0 Å². The molecule has 2 heteroatoms. The van der Waals surface area contributed by atoms with Crippen LogP contribution in [0.2, 0.25) is 0 Å². The van der Waals surface area contributed by atoms with E-state index >= 15 is 0 Å². The SMILES string of the molecule is CCOC(C)(C)[C]=O. The van der Waals surface area contributed by atoms with Crippen LogP contribution in [0.1, 0.15) is 20.8 Å². The van der Waals surface area contributed by atoms with Crippen LogP contribution in [0.3, 0.4) is 0 Å². The molecule has 0 aromatic carbocycles. The highest BCUT2D eigenvalue weighted by molar-refractivity contribution is 5.61. The van der Waals surface area contributed by atoms with Gasteiger partial charge in [-0.3, -0.25) is 4.79 Å². The molecule has 47 valence electrons. The Bertz CT molecular complexity index is 76.6. The van der Waals surface area contributed by atoms with Gasteiger partial charge in [0.15, 0.2) is 0 Å². The number of carbonyl (C=O) groups excluding carboxylic acids is 1. The van der Waals surface area contributed by atoms with Crippen molar-refractivity contribution in [1.29, 1.82) is 0 Å². The highest BCUT2D eigenvalue weighted by Gasteiger charge is 2.15. The fourth-order valence-electron chi connectivity index (χ4n) is 0.390. The summed E-state index contributed by atoms with van der Waals surface area (Å²) >= 11 is 0. The van der Waals surface area contributed by atoms with Gasteiger partial charge in [-0.25, -0.2) is 0 Å². The van der Waals surface area contributed by atoms with Crippen molar-refractivity contribution in [2.45, 2.75) is 26.4 Å². The van der Waals surface area contributed by atoms with Gasteiger partial charge in [0.05, 0.1) is 0 Å². The van der Waals surface area contributed by atoms with Gasteiger partial charge in [-0.05, 0) is 20.8 Å². The Hall–Kier alpha value is -0.370. The van der Waals surface area contributed by atoms with Crippen LogP contribution < -0.4 is 0 Å². The normalized spacial score (nSPS) is 11.4. The molecule has 0 fully saturated rings. The molecule has 0 bridgehead atoms.